The molecular formula is C18H20N2O2S. The monoisotopic (exact) mass is 328 g/mol. The van der Waals surface area contributed by atoms with E-state index >= 15 is 0 Å². The number of carbonyl (C=O) groups excluding carboxylic acids is 2. The van der Waals surface area contributed by atoms with Crippen LogP contribution in [0.3, 0.4) is 0 Å². The molecule has 4 nitrogen and oxygen atoms in total. The van der Waals surface area contributed by atoms with Crippen molar-refractivity contribution in [3.8, 4) is 0 Å². The summed E-state index contributed by atoms with van der Waals surface area (Å²) in [6.45, 7) is 2.09. The van der Waals surface area contributed by atoms with E-state index in [1.165, 1.54) is 27.4 Å². The molecule has 0 aromatic heterocycles. The molecule has 1 aliphatic carbocycles. The van der Waals surface area contributed by atoms with Crippen LogP contribution in [0.25, 0.3) is 0 Å². The van der Waals surface area contributed by atoms with Crippen molar-refractivity contribution < 1.29 is 9.59 Å². The number of nitrogens with zero attached hydrogens (tertiary/aromatic N) is 1. The topological polar surface area (TPSA) is 49.4 Å². The van der Waals surface area contributed by atoms with Gasteiger partial charge in [-0.15, -0.1) is 11.8 Å². The van der Waals surface area contributed by atoms with Crippen molar-refractivity contribution >= 4 is 29.4 Å². The second kappa shape index (κ2) is 5.71. The van der Waals surface area contributed by atoms with Gasteiger partial charge >= 0.3 is 6.03 Å². The van der Waals surface area contributed by atoms with Crippen LogP contribution in [0, 0.1) is 5.92 Å². The summed E-state index contributed by atoms with van der Waals surface area (Å²) in [7, 11) is 0. The van der Waals surface area contributed by atoms with Gasteiger partial charge in [0.15, 0.2) is 0 Å². The van der Waals surface area contributed by atoms with Crippen molar-refractivity contribution in [3.05, 3.63) is 40.3 Å². The van der Waals surface area contributed by atoms with E-state index in [4.69, 9.17) is 0 Å². The third kappa shape index (κ3) is 2.38. The Morgan fingerprint density at radius 1 is 1.17 bits per heavy atom. The van der Waals surface area contributed by atoms with Gasteiger partial charge in [-0.1, -0.05) is 19.1 Å². The highest BCUT2D eigenvalue weighted by molar-refractivity contribution is 8.04. The van der Waals surface area contributed by atoms with Crippen molar-refractivity contribution in [2.45, 2.75) is 44.4 Å². The van der Waals surface area contributed by atoms with Crippen LogP contribution in [-0.2, 0) is 11.2 Å². The van der Waals surface area contributed by atoms with Crippen LogP contribution >= 0.6 is 11.8 Å². The van der Waals surface area contributed by atoms with Crippen molar-refractivity contribution in [2.24, 2.45) is 5.92 Å². The first kappa shape index (κ1) is 14.8. The number of amides is 3. The molecule has 0 saturated carbocycles. The molecule has 4 rings (SSSR count). The largest absolute Gasteiger partial charge is 0.329 e. The van der Waals surface area contributed by atoms with E-state index < -0.39 is 0 Å². The zero-order valence-electron chi connectivity index (χ0n) is 13.2. The third-order valence-corrected chi connectivity index (χ3v) is 6.36. The molecule has 1 aromatic carbocycles. The van der Waals surface area contributed by atoms with Gasteiger partial charge in [-0.25, -0.2) is 9.69 Å². The first-order valence-corrected chi connectivity index (χ1v) is 9.19. The summed E-state index contributed by atoms with van der Waals surface area (Å²) >= 11 is 1.69. The fourth-order valence-corrected chi connectivity index (χ4v) is 5.24. The van der Waals surface area contributed by atoms with Gasteiger partial charge in [0, 0.05) is 0 Å². The molecule has 23 heavy (non-hydrogen) atoms. The van der Waals surface area contributed by atoms with Crippen LogP contribution in [0.5, 0.6) is 0 Å². The van der Waals surface area contributed by atoms with Gasteiger partial charge in [-0.05, 0) is 60.3 Å². The predicted octanol–water partition coefficient (Wildman–Crippen LogP) is 3.82. The van der Waals surface area contributed by atoms with Crippen molar-refractivity contribution in [1.82, 2.24) is 5.32 Å². The van der Waals surface area contributed by atoms with Gasteiger partial charge in [0.2, 0.25) is 5.91 Å². The zero-order chi connectivity index (χ0) is 16.0. The molecular weight excluding hydrogens is 308 g/mol. The van der Waals surface area contributed by atoms with E-state index in [1.807, 2.05) is 24.3 Å². The number of fused-ring (bicyclic) bond motifs is 2. The molecule has 1 N–H and O–H groups in total. The van der Waals surface area contributed by atoms with E-state index in [2.05, 4.69) is 12.2 Å². The van der Waals surface area contributed by atoms with Crippen molar-refractivity contribution in [1.29, 1.82) is 0 Å². The number of imide groups is 1. The molecule has 2 atom stereocenters. The Morgan fingerprint density at radius 2 is 1.91 bits per heavy atom. The highest BCUT2D eigenvalue weighted by Gasteiger charge is 2.48. The van der Waals surface area contributed by atoms with Crippen LogP contribution in [0.15, 0.2) is 34.7 Å². The lowest BCUT2D eigenvalue weighted by Gasteiger charge is -2.34. The Balaban J connectivity index is 1.67. The minimum atomic E-state index is -0.298. The van der Waals surface area contributed by atoms with Gasteiger partial charge in [-0.2, -0.15) is 0 Å². The molecule has 3 aliphatic rings. The molecule has 0 bridgehead atoms. The molecule has 2 heterocycles. The summed E-state index contributed by atoms with van der Waals surface area (Å²) in [6, 6.07) is 7.41. The van der Waals surface area contributed by atoms with Crippen LogP contribution in [0.2, 0.25) is 0 Å². The average Bonchev–Trinajstić information content (AvgIpc) is 2.93. The molecule has 3 amide bonds. The molecule has 1 fully saturated rings. The second-order valence-electron chi connectivity index (χ2n) is 6.31. The summed E-state index contributed by atoms with van der Waals surface area (Å²) in [5, 5.41) is 2.92. The number of nitrogens with one attached hydrogen (secondary N) is 1. The quantitative estimate of drug-likeness (QED) is 0.898. The van der Waals surface area contributed by atoms with E-state index in [-0.39, 0.29) is 23.2 Å². The molecule has 5 heteroatoms. The molecule has 0 radical (unpaired) electrons. The lowest BCUT2D eigenvalue weighted by atomic mass is 9.87. The van der Waals surface area contributed by atoms with Gasteiger partial charge in [0.25, 0.3) is 0 Å². The summed E-state index contributed by atoms with van der Waals surface area (Å²) in [6.07, 6.45) is 5.33. The SMILES string of the molecule is CCc1ccc(N2C(=O)N[C@@H]3SC4=C(CCCC4)[C@H]3C2=O)cc1. The van der Waals surface area contributed by atoms with Crippen LogP contribution < -0.4 is 10.2 Å². The number of urea groups is 1. The lowest BCUT2D eigenvalue weighted by molar-refractivity contribution is -0.121. The summed E-state index contributed by atoms with van der Waals surface area (Å²) in [5.41, 5.74) is 3.13. The number of hydrogen-bond acceptors (Lipinski definition) is 3. The smallest absolute Gasteiger partial charge is 0.324 e. The minimum absolute atomic E-state index is 0.0672. The Hall–Kier alpha value is -1.75. The predicted molar refractivity (Wildman–Crippen MR) is 92.2 cm³/mol. The maximum atomic E-state index is 13.0. The highest BCUT2D eigenvalue weighted by atomic mass is 32.2. The minimum Gasteiger partial charge on any atom is -0.324 e. The third-order valence-electron chi connectivity index (χ3n) is 4.96. The standard InChI is InChI=1S/C18H20N2O2S/c1-2-11-7-9-12(10-8-11)20-17(21)15-13-5-3-4-6-14(13)23-16(15)19-18(20)22/h7-10,15-16H,2-6H2,1H3,(H,19,22)/t15-,16-/m1/s1. The number of benzene rings is 1. The molecule has 1 saturated heterocycles. The van der Waals surface area contributed by atoms with Crippen molar-refractivity contribution in [3.63, 3.8) is 0 Å². The number of aryl methyl sites for hydroxylation is 1. The van der Waals surface area contributed by atoms with Gasteiger partial charge in [0.1, 0.15) is 0 Å². The molecule has 0 spiro atoms. The number of allylic oxidation sites excluding steroid dienone is 1. The Morgan fingerprint density at radius 3 is 2.65 bits per heavy atom. The van der Waals surface area contributed by atoms with E-state index in [1.54, 1.807) is 11.8 Å². The summed E-state index contributed by atoms with van der Waals surface area (Å²) in [4.78, 5) is 28.2. The Kier molecular flexibility index (Phi) is 3.68. The zero-order valence-corrected chi connectivity index (χ0v) is 14.0. The van der Waals surface area contributed by atoms with Gasteiger partial charge < -0.3 is 5.32 Å². The number of rotatable bonds is 2. The normalized spacial score (nSPS) is 26.9. The summed E-state index contributed by atoms with van der Waals surface area (Å²) in [5.74, 6) is -0.249. The molecule has 120 valence electrons. The second-order valence-corrected chi connectivity index (χ2v) is 7.55. The fourth-order valence-electron chi connectivity index (χ4n) is 3.71. The van der Waals surface area contributed by atoms with Crippen LogP contribution in [0.1, 0.15) is 38.2 Å². The van der Waals surface area contributed by atoms with Gasteiger partial charge in [-0.3, -0.25) is 4.79 Å². The highest BCUT2D eigenvalue weighted by Crippen LogP contribution is 2.49. The molecule has 0 unspecified atom stereocenters. The lowest BCUT2D eigenvalue weighted by Crippen LogP contribution is -2.58. The van der Waals surface area contributed by atoms with E-state index in [9.17, 15) is 9.59 Å². The number of anilines is 1. The van der Waals surface area contributed by atoms with Crippen LogP contribution in [0.4, 0.5) is 10.5 Å². The Labute approximate surface area is 140 Å². The first-order valence-electron chi connectivity index (χ1n) is 8.31. The van der Waals surface area contributed by atoms with E-state index in [0.29, 0.717) is 5.69 Å². The fraction of sp³-hybridized carbons (Fsp3) is 0.444. The Bertz CT molecular complexity index is 695. The van der Waals surface area contributed by atoms with Crippen molar-refractivity contribution in [2.75, 3.05) is 4.90 Å². The maximum absolute atomic E-state index is 13.0. The number of carbonyl (C=O) groups is 2. The van der Waals surface area contributed by atoms with Gasteiger partial charge in [0.05, 0.1) is 17.0 Å². The molecule has 2 aliphatic heterocycles. The van der Waals surface area contributed by atoms with E-state index in [0.717, 1.165) is 25.7 Å². The molecule has 1 aromatic rings. The first-order chi connectivity index (χ1) is 11.2. The number of thioether (sulfide) groups is 1. The maximum Gasteiger partial charge on any atom is 0.329 e. The average molecular weight is 328 g/mol. The number of hydrogen-bond donors (Lipinski definition) is 1. The van der Waals surface area contributed by atoms with Crippen LogP contribution in [-0.4, -0.2) is 17.3 Å². The summed E-state index contributed by atoms with van der Waals surface area (Å²) < 4.78 is 0.